The summed E-state index contributed by atoms with van der Waals surface area (Å²) in [4.78, 5) is 0. The zero-order valence-electron chi connectivity index (χ0n) is 9.46. The second kappa shape index (κ2) is 7.30. The summed E-state index contributed by atoms with van der Waals surface area (Å²) >= 11 is 0. The van der Waals surface area contributed by atoms with Gasteiger partial charge in [-0.25, -0.2) is 0 Å². The van der Waals surface area contributed by atoms with Gasteiger partial charge in [0.1, 0.15) is 0 Å². The SMILES string of the molecule is COC(CNC(C)CC(C)C)OC. The van der Waals surface area contributed by atoms with E-state index < -0.39 is 0 Å². The van der Waals surface area contributed by atoms with Crippen molar-refractivity contribution in [3.8, 4) is 0 Å². The van der Waals surface area contributed by atoms with Crippen molar-refractivity contribution < 1.29 is 9.47 Å². The van der Waals surface area contributed by atoms with Gasteiger partial charge in [0.25, 0.3) is 0 Å². The molecule has 0 heterocycles. The van der Waals surface area contributed by atoms with Gasteiger partial charge < -0.3 is 14.8 Å². The molecular formula is C10H23NO2. The normalized spacial score (nSPS) is 14.1. The third-order valence-electron chi connectivity index (χ3n) is 1.98. The van der Waals surface area contributed by atoms with Crippen molar-refractivity contribution in [3.63, 3.8) is 0 Å². The minimum Gasteiger partial charge on any atom is -0.355 e. The van der Waals surface area contributed by atoms with E-state index in [-0.39, 0.29) is 6.29 Å². The first-order valence-electron chi connectivity index (χ1n) is 4.89. The Bertz CT molecular complexity index is 113. The van der Waals surface area contributed by atoms with Crippen molar-refractivity contribution in [2.24, 2.45) is 5.92 Å². The number of ether oxygens (including phenoxy) is 2. The summed E-state index contributed by atoms with van der Waals surface area (Å²) in [5, 5.41) is 3.37. The zero-order chi connectivity index (χ0) is 10.3. The zero-order valence-corrected chi connectivity index (χ0v) is 9.46. The van der Waals surface area contributed by atoms with Gasteiger partial charge in [-0.3, -0.25) is 0 Å². The van der Waals surface area contributed by atoms with E-state index in [1.807, 2.05) is 0 Å². The Morgan fingerprint density at radius 2 is 1.62 bits per heavy atom. The number of hydrogen-bond acceptors (Lipinski definition) is 3. The van der Waals surface area contributed by atoms with E-state index in [4.69, 9.17) is 9.47 Å². The summed E-state index contributed by atoms with van der Waals surface area (Å²) in [6.45, 7) is 7.38. The molecule has 80 valence electrons. The highest BCUT2D eigenvalue weighted by molar-refractivity contribution is 4.63. The smallest absolute Gasteiger partial charge is 0.169 e. The molecule has 1 N–H and O–H groups in total. The van der Waals surface area contributed by atoms with Crippen molar-refractivity contribution in [1.82, 2.24) is 5.32 Å². The van der Waals surface area contributed by atoms with Crippen LogP contribution in [-0.2, 0) is 9.47 Å². The standard InChI is InChI=1S/C10H23NO2/c1-8(2)6-9(3)11-7-10(12-4)13-5/h8-11H,6-7H2,1-5H3. The van der Waals surface area contributed by atoms with E-state index in [1.165, 1.54) is 6.42 Å². The fraction of sp³-hybridized carbons (Fsp3) is 1.00. The highest BCUT2D eigenvalue weighted by Crippen LogP contribution is 2.03. The highest BCUT2D eigenvalue weighted by Gasteiger charge is 2.08. The van der Waals surface area contributed by atoms with E-state index >= 15 is 0 Å². The van der Waals surface area contributed by atoms with Crippen molar-refractivity contribution in [1.29, 1.82) is 0 Å². The van der Waals surface area contributed by atoms with E-state index in [0.717, 1.165) is 12.5 Å². The van der Waals surface area contributed by atoms with Crippen molar-refractivity contribution in [3.05, 3.63) is 0 Å². The molecule has 1 atom stereocenters. The molecule has 0 aromatic rings. The van der Waals surface area contributed by atoms with Gasteiger partial charge in [-0.05, 0) is 19.3 Å². The second-order valence-electron chi connectivity index (χ2n) is 3.84. The molecule has 0 amide bonds. The first kappa shape index (κ1) is 12.9. The molecule has 0 aliphatic heterocycles. The van der Waals surface area contributed by atoms with Crippen LogP contribution >= 0.6 is 0 Å². The molecule has 1 unspecified atom stereocenters. The minimum absolute atomic E-state index is 0.130. The molecule has 0 radical (unpaired) electrons. The van der Waals surface area contributed by atoms with Gasteiger partial charge in [-0.15, -0.1) is 0 Å². The Morgan fingerprint density at radius 1 is 1.08 bits per heavy atom. The molecule has 3 heteroatoms. The Labute approximate surface area is 81.8 Å². The van der Waals surface area contributed by atoms with Crippen molar-refractivity contribution in [2.75, 3.05) is 20.8 Å². The summed E-state index contributed by atoms with van der Waals surface area (Å²) < 4.78 is 10.1. The second-order valence-corrected chi connectivity index (χ2v) is 3.84. The largest absolute Gasteiger partial charge is 0.355 e. The van der Waals surface area contributed by atoms with Gasteiger partial charge >= 0.3 is 0 Å². The molecule has 0 bridgehead atoms. The van der Waals surface area contributed by atoms with E-state index in [0.29, 0.717) is 6.04 Å². The lowest BCUT2D eigenvalue weighted by Gasteiger charge is -2.19. The predicted molar refractivity (Wildman–Crippen MR) is 54.7 cm³/mol. The molecule has 0 spiro atoms. The van der Waals surface area contributed by atoms with Gasteiger partial charge in [-0.2, -0.15) is 0 Å². The van der Waals surface area contributed by atoms with Gasteiger partial charge in [-0.1, -0.05) is 13.8 Å². The fourth-order valence-electron chi connectivity index (χ4n) is 1.35. The Hall–Kier alpha value is -0.120. The maximum absolute atomic E-state index is 5.07. The minimum atomic E-state index is -0.130. The van der Waals surface area contributed by atoms with E-state index in [2.05, 4.69) is 26.1 Å². The molecule has 0 aliphatic carbocycles. The third-order valence-corrected chi connectivity index (χ3v) is 1.98. The molecule has 13 heavy (non-hydrogen) atoms. The first-order valence-corrected chi connectivity index (χ1v) is 4.89. The first-order chi connectivity index (χ1) is 6.10. The van der Waals surface area contributed by atoms with Crippen LogP contribution in [0.2, 0.25) is 0 Å². The average molecular weight is 189 g/mol. The maximum Gasteiger partial charge on any atom is 0.169 e. The molecule has 0 saturated heterocycles. The van der Waals surface area contributed by atoms with Gasteiger partial charge in [0.2, 0.25) is 0 Å². The maximum atomic E-state index is 5.07. The van der Waals surface area contributed by atoms with Crippen LogP contribution in [-0.4, -0.2) is 33.1 Å². The molecule has 0 aromatic carbocycles. The van der Waals surface area contributed by atoms with Gasteiger partial charge in [0.15, 0.2) is 6.29 Å². The molecular weight excluding hydrogens is 166 g/mol. The fourth-order valence-corrected chi connectivity index (χ4v) is 1.35. The summed E-state index contributed by atoms with van der Waals surface area (Å²) in [6, 6.07) is 0.521. The number of hydrogen-bond donors (Lipinski definition) is 1. The van der Waals surface area contributed by atoms with Gasteiger partial charge in [0, 0.05) is 26.8 Å². The summed E-state index contributed by atoms with van der Waals surface area (Å²) in [5.41, 5.74) is 0. The molecule has 0 aromatic heterocycles. The quantitative estimate of drug-likeness (QED) is 0.617. The summed E-state index contributed by atoms with van der Waals surface area (Å²) in [5.74, 6) is 0.728. The van der Waals surface area contributed by atoms with Crippen LogP contribution in [0.4, 0.5) is 0 Å². The highest BCUT2D eigenvalue weighted by atomic mass is 16.7. The number of methoxy groups -OCH3 is 2. The summed E-state index contributed by atoms with van der Waals surface area (Å²) in [7, 11) is 3.31. The molecule has 0 rings (SSSR count). The Morgan fingerprint density at radius 3 is 2.00 bits per heavy atom. The van der Waals surface area contributed by atoms with Crippen LogP contribution < -0.4 is 5.32 Å². The summed E-state index contributed by atoms with van der Waals surface area (Å²) in [6.07, 6.45) is 1.05. The van der Waals surface area contributed by atoms with Crippen LogP contribution in [0.1, 0.15) is 27.2 Å². The van der Waals surface area contributed by atoms with Crippen LogP contribution in [0.3, 0.4) is 0 Å². The van der Waals surface area contributed by atoms with Crippen molar-refractivity contribution in [2.45, 2.75) is 39.5 Å². The Balaban J connectivity index is 3.49. The van der Waals surface area contributed by atoms with Crippen LogP contribution in [0, 0.1) is 5.92 Å². The lowest BCUT2D eigenvalue weighted by Crippen LogP contribution is -2.36. The van der Waals surface area contributed by atoms with E-state index in [1.54, 1.807) is 14.2 Å². The van der Waals surface area contributed by atoms with Gasteiger partial charge in [0.05, 0.1) is 0 Å². The van der Waals surface area contributed by atoms with Crippen molar-refractivity contribution >= 4 is 0 Å². The molecule has 3 nitrogen and oxygen atoms in total. The predicted octanol–water partition coefficient (Wildman–Crippen LogP) is 1.63. The number of rotatable bonds is 7. The number of nitrogens with one attached hydrogen (secondary N) is 1. The topological polar surface area (TPSA) is 30.5 Å². The molecule has 0 aliphatic rings. The average Bonchev–Trinajstić information content (AvgIpc) is 2.05. The lowest BCUT2D eigenvalue weighted by atomic mass is 10.1. The molecule has 0 saturated carbocycles. The van der Waals surface area contributed by atoms with E-state index in [9.17, 15) is 0 Å². The third kappa shape index (κ3) is 6.99. The van der Waals surface area contributed by atoms with Crippen LogP contribution in [0.15, 0.2) is 0 Å². The van der Waals surface area contributed by atoms with Crippen LogP contribution in [0.5, 0.6) is 0 Å². The monoisotopic (exact) mass is 189 g/mol. The Kier molecular flexibility index (Phi) is 7.23. The van der Waals surface area contributed by atoms with Crippen LogP contribution in [0.25, 0.3) is 0 Å². The lowest BCUT2D eigenvalue weighted by molar-refractivity contribution is -0.0998. The molecule has 0 fully saturated rings.